The van der Waals surface area contributed by atoms with Gasteiger partial charge in [0.2, 0.25) is 0 Å². The summed E-state index contributed by atoms with van der Waals surface area (Å²) in [6.45, 7) is 11.1. The maximum Gasteiger partial charge on any atom is 0.0951 e. The van der Waals surface area contributed by atoms with Crippen molar-refractivity contribution in [1.82, 2.24) is 9.88 Å². The SMILES string of the molecule is CC(C)(C)N1CCN(c2ccnc3c(N)cccc23)CC1. The average molecular weight is 284 g/mol. The molecule has 2 aromatic rings. The van der Waals surface area contributed by atoms with Crippen molar-refractivity contribution in [2.45, 2.75) is 26.3 Å². The van der Waals surface area contributed by atoms with Crippen LogP contribution in [0.2, 0.25) is 0 Å². The number of aromatic nitrogens is 1. The molecule has 2 N–H and O–H groups in total. The molecule has 0 radical (unpaired) electrons. The Bertz CT molecular complexity index is 637. The first-order valence-electron chi connectivity index (χ1n) is 7.60. The van der Waals surface area contributed by atoms with E-state index in [-0.39, 0.29) is 5.54 Å². The lowest BCUT2D eigenvalue weighted by atomic mass is 10.0. The van der Waals surface area contributed by atoms with E-state index in [2.05, 4.69) is 47.7 Å². The van der Waals surface area contributed by atoms with Gasteiger partial charge < -0.3 is 10.6 Å². The molecule has 1 saturated heterocycles. The third kappa shape index (κ3) is 2.68. The molecule has 3 rings (SSSR count). The Morgan fingerprint density at radius 3 is 2.43 bits per heavy atom. The van der Waals surface area contributed by atoms with Crippen LogP contribution in [0.25, 0.3) is 10.9 Å². The summed E-state index contributed by atoms with van der Waals surface area (Å²) in [5.41, 5.74) is 9.21. The van der Waals surface area contributed by atoms with Crippen LogP contribution in [0.1, 0.15) is 20.8 Å². The molecule has 1 aromatic heterocycles. The van der Waals surface area contributed by atoms with Gasteiger partial charge in [0.05, 0.1) is 11.2 Å². The number of hydrogen-bond acceptors (Lipinski definition) is 4. The zero-order chi connectivity index (χ0) is 15.0. The molecule has 2 heterocycles. The lowest BCUT2D eigenvalue weighted by molar-refractivity contribution is 0.128. The number of pyridine rings is 1. The van der Waals surface area contributed by atoms with E-state index < -0.39 is 0 Å². The monoisotopic (exact) mass is 284 g/mol. The molecular weight excluding hydrogens is 260 g/mol. The van der Waals surface area contributed by atoms with Crippen molar-refractivity contribution in [3.63, 3.8) is 0 Å². The molecule has 1 fully saturated rings. The minimum atomic E-state index is 0.247. The van der Waals surface area contributed by atoms with Crippen LogP contribution in [0, 0.1) is 0 Å². The summed E-state index contributed by atoms with van der Waals surface area (Å²) in [4.78, 5) is 9.42. The Hall–Kier alpha value is -1.81. The molecule has 0 bridgehead atoms. The smallest absolute Gasteiger partial charge is 0.0951 e. The van der Waals surface area contributed by atoms with Gasteiger partial charge in [0.25, 0.3) is 0 Å². The number of hydrogen-bond donors (Lipinski definition) is 1. The van der Waals surface area contributed by atoms with Crippen LogP contribution < -0.4 is 10.6 Å². The molecule has 1 aliphatic rings. The van der Waals surface area contributed by atoms with Crippen LogP contribution >= 0.6 is 0 Å². The van der Waals surface area contributed by atoms with Crippen LogP contribution in [0.15, 0.2) is 30.5 Å². The summed E-state index contributed by atoms with van der Waals surface area (Å²) >= 11 is 0. The molecule has 1 aliphatic heterocycles. The van der Waals surface area contributed by atoms with Crippen molar-refractivity contribution >= 4 is 22.3 Å². The normalized spacial score (nSPS) is 17.4. The second-order valence-corrected chi connectivity index (χ2v) is 6.72. The third-order valence-electron chi connectivity index (χ3n) is 4.35. The molecule has 112 valence electrons. The molecule has 4 nitrogen and oxygen atoms in total. The summed E-state index contributed by atoms with van der Waals surface area (Å²) < 4.78 is 0. The highest BCUT2D eigenvalue weighted by Crippen LogP contribution is 2.29. The molecule has 4 heteroatoms. The Morgan fingerprint density at radius 1 is 1.05 bits per heavy atom. The fourth-order valence-electron chi connectivity index (χ4n) is 3.08. The number of anilines is 2. The summed E-state index contributed by atoms with van der Waals surface area (Å²) in [7, 11) is 0. The first kappa shape index (κ1) is 14.1. The first-order valence-corrected chi connectivity index (χ1v) is 7.60. The van der Waals surface area contributed by atoms with E-state index in [4.69, 9.17) is 5.73 Å². The average Bonchev–Trinajstić information content (AvgIpc) is 2.46. The number of nitrogen functional groups attached to an aromatic ring is 1. The van der Waals surface area contributed by atoms with Crippen molar-refractivity contribution in [1.29, 1.82) is 0 Å². The lowest BCUT2D eigenvalue weighted by Gasteiger charge is -2.43. The van der Waals surface area contributed by atoms with Gasteiger partial charge in [-0.25, -0.2) is 0 Å². The van der Waals surface area contributed by atoms with Crippen LogP contribution in [0.4, 0.5) is 11.4 Å². The summed E-state index contributed by atoms with van der Waals surface area (Å²) in [6, 6.07) is 8.14. The largest absolute Gasteiger partial charge is 0.397 e. The van der Waals surface area contributed by atoms with E-state index in [9.17, 15) is 0 Å². The molecule has 0 aliphatic carbocycles. The highest BCUT2D eigenvalue weighted by atomic mass is 15.3. The molecule has 0 saturated carbocycles. The van der Waals surface area contributed by atoms with Gasteiger partial charge in [-0.1, -0.05) is 12.1 Å². The van der Waals surface area contributed by atoms with Crippen LogP contribution in [-0.4, -0.2) is 41.6 Å². The van der Waals surface area contributed by atoms with Crippen molar-refractivity contribution in [2.75, 3.05) is 36.8 Å². The van der Waals surface area contributed by atoms with E-state index in [1.165, 1.54) is 5.69 Å². The maximum atomic E-state index is 6.04. The predicted molar refractivity (Wildman–Crippen MR) is 89.7 cm³/mol. The Balaban J connectivity index is 1.88. The number of nitrogens with zero attached hydrogens (tertiary/aromatic N) is 3. The lowest BCUT2D eigenvalue weighted by Crippen LogP contribution is -2.53. The van der Waals surface area contributed by atoms with E-state index >= 15 is 0 Å². The van der Waals surface area contributed by atoms with Crippen LogP contribution in [0.3, 0.4) is 0 Å². The quantitative estimate of drug-likeness (QED) is 0.818. The number of nitrogens with two attached hydrogens (primary N) is 1. The Labute approximate surface area is 126 Å². The zero-order valence-corrected chi connectivity index (χ0v) is 13.1. The molecule has 21 heavy (non-hydrogen) atoms. The minimum Gasteiger partial charge on any atom is -0.397 e. The number of para-hydroxylation sites is 1. The summed E-state index contributed by atoms with van der Waals surface area (Å²) in [5.74, 6) is 0. The molecule has 0 atom stereocenters. The van der Waals surface area contributed by atoms with E-state index in [1.807, 2.05) is 18.3 Å². The molecule has 0 unspecified atom stereocenters. The second-order valence-electron chi connectivity index (χ2n) is 6.72. The second kappa shape index (κ2) is 5.19. The van der Waals surface area contributed by atoms with Crippen molar-refractivity contribution in [2.24, 2.45) is 0 Å². The minimum absolute atomic E-state index is 0.247. The molecule has 0 amide bonds. The van der Waals surface area contributed by atoms with Crippen molar-refractivity contribution in [3.05, 3.63) is 30.5 Å². The number of benzene rings is 1. The zero-order valence-electron chi connectivity index (χ0n) is 13.1. The van der Waals surface area contributed by atoms with E-state index in [1.54, 1.807) is 0 Å². The van der Waals surface area contributed by atoms with Crippen LogP contribution in [0.5, 0.6) is 0 Å². The van der Waals surface area contributed by atoms with E-state index in [0.29, 0.717) is 0 Å². The van der Waals surface area contributed by atoms with Crippen molar-refractivity contribution in [3.8, 4) is 0 Å². The Morgan fingerprint density at radius 2 is 1.76 bits per heavy atom. The topological polar surface area (TPSA) is 45.4 Å². The van der Waals surface area contributed by atoms with Crippen molar-refractivity contribution < 1.29 is 0 Å². The van der Waals surface area contributed by atoms with E-state index in [0.717, 1.165) is 42.8 Å². The van der Waals surface area contributed by atoms with Gasteiger partial charge in [0.15, 0.2) is 0 Å². The Kier molecular flexibility index (Phi) is 3.49. The number of piperazine rings is 1. The molecular formula is C17H24N4. The summed E-state index contributed by atoms with van der Waals surface area (Å²) in [5, 5.41) is 1.15. The fraction of sp³-hybridized carbons (Fsp3) is 0.471. The molecule has 0 spiro atoms. The fourth-order valence-corrected chi connectivity index (χ4v) is 3.08. The predicted octanol–water partition coefficient (Wildman–Crippen LogP) is 2.74. The molecule has 1 aromatic carbocycles. The number of rotatable bonds is 1. The maximum absolute atomic E-state index is 6.04. The first-order chi connectivity index (χ1) is 9.97. The highest BCUT2D eigenvalue weighted by Gasteiger charge is 2.26. The highest BCUT2D eigenvalue weighted by molar-refractivity contribution is 5.98. The number of fused-ring (bicyclic) bond motifs is 1. The van der Waals surface area contributed by atoms with Gasteiger partial charge in [-0.2, -0.15) is 0 Å². The summed E-state index contributed by atoms with van der Waals surface area (Å²) in [6.07, 6.45) is 1.87. The van der Waals surface area contributed by atoms with Gasteiger partial charge in [0, 0.05) is 49.0 Å². The standard InChI is InChI=1S/C17H24N4/c1-17(2,3)21-11-9-20(10-12-21)15-7-8-19-16-13(15)5-4-6-14(16)18/h4-8H,9-12,18H2,1-3H3. The van der Waals surface area contributed by atoms with Gasteiger partial charge in [0.1, 0.15) is 0 Å². The van der Waals surface area contributed by atoms with Gasteiger partial charge >= 0.3 is 0 Å². The van der Waals surface area contributed by atoms with Crippen LogP contribution in [-0.2, 0) is 0 Å². The third-order valence-corrected chi connectivity index (χ3v) is 4.35. The van der Waals surface area contributed by atoms with Gasteiger partial charge in [-0.3, -0.25) is 9.88 Å². The van der Waals surface area contributed by atoms with Gasteiger partial charge in [-0.05, 0) is 32.9 Å². The van der Waals surface area contributed by atoms with Gasteiger partial charge in [-0.15, -0.1) is 0 Å².